The van der Waals surface area contributed by atoms with Crippen molar-refractivity contribution in [3.63, 3.8) is 0 Å². The van der Waals surface area contributed by atoms with Crippen LogP contribution in [0.15, 0.2) is 0 Å². The Morgan fingerprint density at radius 3 is 2.93 bits per heavy atom. The topological polar surface area (TPSA) is 61.4 Å². The maximum atomic E-state index is 11.5. The van der Waals surface area contributed by atoms with Gasteiger partial charge in [0.05, 0.1) is 6.54 Å². The maximum absolute atomic E-state index is 11.5. The zero-order chi connectivity index (χ0) is 11.1. The van der Waals surface area contributed by atoms with E-state index in [9.17, 15) is 4.79 Å². The van der Waals surface area contributed by atoms with Crippen LogP contribution in [0, 0.1) is 5.92 Å². The third-order valence-electron chi connectivity index (χ3n) is 2.95. The van der Waals surface area contributed by atoms with E-state index >= 15 is 0 Å². The zero-order valence-electron chi connectivity index (χ0n) is 9.46. The van der Waals surface area contributed by atoms with Crippen molar-refractivity contribution in [1.29, 1.82) is 0 Å². The molecule has 2 atom stereocenters. The lowest BCUT2D eigenvalue weighted by molar-refractivity contribution is -0.121. The van der Waals surface area contributed by atoms with Crippen LogP contribution in [0.25, 0.3) is 0 Å². The molecular formula is C11H22N2O2. The Labute approximate surface area is 91.4 Å². The van der Waals surface area contributed by atoms with E-state index < -0.39 is 0 Å². The highest BCUT2D eigenvalue weighted by Gasteiger charge is 2.27. The second-order valence-electron chi connectivity index (χ2n) is 4.22. The fourth-order valence-corrected chi connectivity index (χ4v) is 2.08. The molecule has 0 aromatic carbocycles. The van der Waals surface area contributed by atoms with Crippen molar-refractivity contribution in [3.8, 4) is 0 Å². The molecule has 1 aliphatic rings. The van der Waals surface area contributed by atoms with E-state index in [1.807, 2.05) is 0 Å². The van der Waals surface area contributed by atoms with Crippen LogP contribution in [0.3, 0.4) is 0 Å². The van der Waals surface area contributed by atoms with Gasteiger partial charge < -0.3 is 15.7 Å². The Kier molecular flexibility index (Phi) is 5.65. The van der Waals surface area contributed by atoms with Crippen molar-refractivity contribution in [1.82, 2.24) is 10.6 Å². The van der Waals surface area contributed by atoms with E-state index in [1.165, 1.54) is 0 Å². The molecule has 3 N–H and O–H groups in total. The summed E-state index contributed by atoms with van der Waals surface area (Å²) in [5.74, 6) is 0.314. The van der Waals surface area contributed by atoms with Crippen LogP contribution in [0.4, 0.5) is 0 Å². The quantitative estimate of drug-likeness (QED) is 0.556. The number of nitrogens with one attached hydrogen (secondary N) is 2. The molecule has 0 spiro atoms. The lowest BCUT2D eigenvalue weighted by Gasteiger charge is -2.19. The highest BCUT2D eigenvalue weighted by atomic mass is 16.3. The lowest BCUT2D eigenvalue weighted by Crippen LogP contribution is -2.43. The zero-order valence-corrected chi connectivity index (χ0v) is 9.46. The highest BCUT2D eigenvalue weighted by molar-refractivity contribution is 5.78. The van der Waals surface area contributed by atoms with Crippen molar-refractivity contribution in [3.05, 3.63) is 0 Å². The standard InChI is InChI=1S/C11H22N2O2/c1-2-6-12-7-11(15)13-10-5-3-4-9(10)8-14/h9-10,12,14H,2-8H2,1H3,(H,13,15). The van der Waals surface area contributed by atoms with E-state index in [0.29, 0.717) is 6.54 Å². The first kappa shape index (κ1) is 12.5. The van der Waals surface area contributed by atoms with Crippen LogP contribution >= 0.6 is 0 Å². The molecule has 0 bridgehead atoms. The molecule has 4 nitrogen and oxygen atoms in total. The first-order chi connectivity index (χ1) is 7.27. The fourth-order valence-electron chi connectivity index (χ4n) is 2.08. The number of carbonyl (C=O) groups is 1. The summed E-state index contributed by atoms with van der Waals surface area (Å²) in [7, 11) is 0. The van der Waals surface area contributed by atoms with Crippen molar-refractivity contribution in [2.45, 2.75) is 38.6 Å². The third kappa shape index (κ3) is 4.18. The predicted octanol–water partition coefficient (Wildman–Crippen LogP) is 0.263. The van der Waals surface area contributed by atoms with Crippen LogP contribution in [-0.4, -0.2) is 36.8 Å². The number of carbonyl (C=O) groups excluding carboxylic acids is 1. The molecule has 1 amide bonds. The smallest absolute Gasteiger partial charge is 0.234 e. The van der Waals surface area contributed by atoms with E-state index in [0.717, 1.165) is 32.2 Å². The van der Waals surface area contributed by atoms with Gasteiger partial charge in [0, 0.05) is 18.6 Å². The number of amides is 1. The molecule has 0 aromatic rings. The molecule has 2 unspecified atom stereocenters. The van der Waals surface area contributed by atoms with Gasteiger partial charge >= 0.3 is 0 Å². The van der Waals surface area contributed by atoms with Crippen LogP contribution in [0.5, 0.6) is 0 Å². The van der Waals surface area contributed by atoms with Gasteiger partial charge in [-0.25, -0.2) is 0 Å². The number of rotatable bonds is 6. The molecule has 1 rings (SSSR count). The predicted molar refractivity (Wildman–Crippen MR) is 59.5 cm³/mol. The average Bonchev–Trinajstić information content (AvgIpc) is 2.65. The van der Waals surface area contributed by atoms with Gasteiger partial charge in [0.1, 0.15) is 0 Å². The molecule has 1 aliphatic carbocycles. The normalized spacial score (nSPS) is 25.5. The van der Waals surface area contributed by atoms with E-state index in [-0.39, 0.29) is 24.5 Å². The number of aliphatic hydroxyl groups excluding tert-OH is 1. The molecule has 1 saturated carbocycles. The SMILES string of the molecule is CCCNCC(=O)NC1CCCC1CO. The van der Waals surface area contributed by atoms with Gasteiger partial charge in [-0.3, -0.25) is 4.79 Å². The Hall–Kier alpha value is -0.610. The summed E-state index contributed by atoms with van der Waals surface area (Å²) in [6, 6.07) is 0.186. The minimum absolute atomic E-state index is 0.0498. The Morgan fingerprint density at radius 2 is 2.27 bits per heavy atom. The second kappa shape index (κ2) is 6.80. The maximum Gasteiger partial charge on any atom is 0.234 e. The number of hydrogen-bond acceptors (Lipinski definition) is 3. The lowest BCUT2D eigenvalue weighted by atomic mass is 10.1. The van der Waals surface area contributed by atoms with Crippen LogP contribution in [0.2, 0.25) is 0 Å². The highest BCUT2D eigenvalue weighted by Crippen LogP contribution is 2.24. The number of hydrogen-bond donors (Lipinski definition) is 3. The molecule has 1 fully saturated rings. The molecular weight excluding hydrogens is 192 g/mol. The summed E-state index contributed by atoms with van der Waals surface area (Å²) in [6.45, 7) is 3.53. The summed E-state index contributed by atoms with van der Waals surface area (Å²) < 4.78 is 0. The Bertz CT molecular complexity index is 197. The van der Waals surface area contributed by atoms with Crippen molar-refractivity contribution in [2.75, 3.05) is 19.7 Å². The van der Waals surface area contributed by atoms with Crippen LogP contribution in [-0.2, 0) is 4.79 Å². The molecule has 88 valence electrons. The summed E-state index contributed by atoms with van der Waals surface area (Å²) >= 11 is 0. The van der Waals surface area contributed by atoms with E-state index in [1.54, 1.807) is 0 Å². The van der Waals surface area contributed by atoms with Gasteiger partial charge in [-0.05, 0) is 25.8 Å². The molecule has 0 radical (unpaired) electrons. The first-order valence-electron chi connectivity index (χ1n) is 5.88. The van der Waals surface area contributed by atoms with Gasteiger partial charge in [-0.15, -0.1) is 0 Å². The largest absolute Gasteiger partial charge is 0.396 e. The summed E-state index contributed by atoms with van der Waals surface area (Å²) in [5, 5.41) is 15.1. The molecule has 0 heterocycles. The molecule has 0 saturated heterocycles. The van der Waals surface area contributed by atoms with Gasteiger partial charge in [0.15, 0.2) is 0 Å². The van der Waals surface area contributed by atoms with Crippen molar-refractivity contribution >= 4 is 5.91 Å². The molecule has 15 heavy (non-hydrogen) atoms. The van der Waals surface area contributed by atoms with Gasteiger partial charge in [-0.2, -0.15) is 0 Å². The second-order valence-corrected chi connectivity index (χ2v) is 4.22. The molecule has 4 heteroatoms. The third-order valence-corrected chi connectivity index (χ3v) is 2.95. The number of aliphatic hydroxyl groups is 1. The molecule has 0 aromatic heterocycles. The van der Waals surface area contributed by atoms with Crippen molar-refractivity contribution < 1.29 is 9.90 Å². The van der Waals surface area contributed by atoms with Gasteiger partial charge in [-0.1, -0.05) is 13.3 Å². The summed E-state index contributed by atoms with van der Waals surface area (Å²) in [6.07, 6.45) is 4.18. The van der Waals surface area contributed by atoms with E-state index in [4.69, 9.17) is 5.11 Å². The average molecular weight is 214 g/mol. The van der Waals surface area contributed by atoms with Crippen LogP contribution in [0.1, 0.15) is 32.6 Å². The van der Waals surface area contributed by atoms with E-state index in [2.05, 4.69) is 17.6 Å². The van der Waals surface area contributed by atoms with Gasteiger partial charge in [0.2, 0.25) is 5.91 Å². The van der Waals surface area contributed by atoms with Crippen molar-refractivity contribution in [2.24, 2.45) is 5.92 Å². The molecule has 0 aliphatic heterocycles. The Morgan fingerprint density at radius 1 is 1.47 bits per heavy atom. The van der Waals surface area contributed by atoms with Gasteiger partial charge in [0.25, 0.3) is 0 Å². The van der Waals surface area contributed by atoms with Crippen LogP contribution < -0.4 is 10.6 Å². The minimum Gasteiger partial charge on any atom is -0.396 e. The Balaban J connectivity index is 2.19. The minimum atomic E-state index is 0.0498. The first-order valence-corrected chi connectivity index (χ1v) is 5.88. The summed E-state index contributed by atoms with van der Waals surface area (Å²) in [4.78, 5) is 11.5. The monoisotopic (exact) mass is 214 g/mol. The fraction of sp³-hybridized carbons (Fsp3) is 0.909. The summed E-state index contributed by atoms with van der Waals surface area (Å²) in [5.41, 5.74) is 0.